The molecule has 0 aliphatic rings. The maximum Gasteiger partial charge on any atom is 0.122 e. The molecule has 18 heavy (non-hydrogen) atoms. The summed E-state index contributed by atoms with van der Waals surface area (Å²) in [6.45, 7) is 1.14. The molecule has 0 unspecified atom stereocenters. The van der Waals surface area contributed by atoms with E-state index in [0.717, 1.165) is 35.0 Å². The highest BCUT2D eigenvalue weighted by Gasteiger charge is 2.03. The van der Waals surface area contributed by atoms with Crippen molar-refractivity contribution in [2.45, 2.75) is 5.75 Å². The molecular formula is C14H19NO2S. The molecule has 0 radical (unpaired) electrons. The predicted molar refractivity (Wildman–Crippen MR) is 77.0 cm³/mol. The number of methoxy groups -OCH3 is 2. The Balaban J connectivity index is 2.72. The molecule has 0 heterocycles. The highest BCUT2D eigenvalue weighted by molar-refractivity contribution is 7.98. The summed E-state index contributed by atoms with van der Waals surface area (Å²) in [5, 5.41) is 0. The van der Waals surface area contributed by atoms with Crippen molar-refractivity contribution in [1.29, 1.82) is 0 Å². The zero-order valence-corrected chi connectivity index (χ0v) is 11.7. The molecule has 0 aliphatic carbocycles. The van der Waals surface area contributed by atoms with Crippen molar-refractivity contribution in [1.82, 2.24) is 0 Å². The van der Waals surface area contributed by atoms with Crippen molar-refractivity contribution in [3.05, 3.63) is 29.3 Å². The summed E-state index contributed by atoms with van der Waals surface area (Å²) in [6.07, 6.45) is 0. The summed E-state index contributed by atoms with van der Waals surface area (Å²) in [5.41, 5.74) is 7.50. The van der Waals surface area contributed by atoms with Crippen LogP contribution in [0.5, 0.6) is 5.75 Å². The van der Waals surface area contributed by atoms with Crippen molar-refractivity contribution < 1.29 is 9.47 Å². The molecule has 0 amide bonds. The number of nitrogens with two attached hydrogens (primary N) is 1. The predicted octanol–water partition coefficient (Wildman–Crippen LogP) is 1.89. The molecule has 1 aromatic carbocycles. The Bertz CT molecular complexity index is 424. The zero-order chi connectivity index (χ0) is 13.2. The van der Waals surface area contributed by atoms with E-state index in [9.17, 15) is 0 Å². The number of thioether (sulfide) groups is 1. The first-order valence-electron chi connectivity index (χ1n) is 5.74. The molecule has 1 aromatic rings. The Hall–Kier alpha value is -1.15. The average Bonchev–Trinajstić information content (AvgIpc) is 2.41. The van der Waals surface area contributed by atoms with Crippen LogP contribution in [0.3, 0.4) is 0 Å². The summed E-state index contributed by atoms with van der Waals surface area (Å²) in [5.74, 6) is 8.65. The number of hydrogen-bond acceptors (Lipinski definition) is 4. The topological polar surface area (TPSA) is 44.5 Å². The maximum atomic E-state index is 5.37. The van der Waals surface area contributed by atoms with Gasteiger partial charge in [-0.15, -0.1) is 0 Å². The Kier molecular flexibility index (Phi) is 7.35. The van der Waals surface area contributed by atoms with Gasteiger partial charge in [0.15, 0.2) is 0 Å². The third-order valence-corrected chi connectivity index (χ3v) is 3.28. The second-order valence-electron chi connectivity index (χ2n) is 3.58. The third-order valence-electron chi connectivity index (χ3n) is 2.30. The minimum atomic E-state index is 0.379. The molecule has 0 aliphatic heterocycles. The van der Waals surface area contributed by atoms with E-state index in [0.29, 0.717) is 6.54 Å². The van der Waals surface area contributed by atoms with E-state index >= 15 is 0 Å². The van der Waals surface area contributed by atoms with Crippen LogP contribution in [0.4, 0.5) is 0 Å². The van der Waals surface area contributed by atoms with Crippen LogP contribution >= 0.6 is 11.8 Å². The second kappa shape index (κ2) is 8.87. The number of benzene rings is 1. The number of rotatable bonds is 6. The summed E-state index contributed by atoms with van der Waals surface area (Å²) in [6, 6.07) is 5.96. The number of hydrogen-bond donors (Lipinski definition) is 1. The van der Waals surface area contributed by atoms with E-state index in [4.69, 9.17) is 15.2 Å². The fraction of sp³-hybridized carbons (Fsp3) is 0.429. The molecule has 98 valence electrons. The lowest BCUT2D eigenvalue weighted by atomic mass is 10.1. The monoisotopic (exact) mass is 265 g/mol. The lowest BCUT2D eigenvalue weighted by Gasteiger charge is -2.08. The van der Waals surface area contributed by atoms with E-state index in [1.165, 1.54) is 0 Å². The largest absolute Gasteiger partial charge is 0.496 e. The van der Waals surface area contributed by atoms with Crippen molar-refractivity contribution in [3.63, 3.8) is 0 Å². The van der Waals surface area contributed by atoms with Gasteiger partial charge in [-0.3, -0.25) is 0 Å². The first-order chi connectivity index (χ1) is 8.81. The lowest BCUT2D eigenvalue weighted by Crippen LogP contribution is -1.96. The van der Waals surface area contributed by atoms with Gasteiger partial charge in [-0.1, -0.05) is 11.8 Å². The van der Waals surface area contributed by atoms with Gasteiger partial charge in [0.1, 0.15) is 5.75 Å². The van der Waals surface area contributed by atoms with E-state index in [1.54, 1.807) is 14.2 Å². The molecule has 0 saturated heterocycles. The normalized spacial score (nSPS) is 9.72. The summed E-state index contributed by atoms with van der Waals surface area (Å²) in [4.78, 5) is 0. The van der Waals surface area contributed by atoms with Gasteiger partial charge in [0.25, 0.3) is 0 Å². The second-order valence-corrected chi connectivity index (χ2v) is 4.68. The van der Waals surface area contributed by atoms with Gasteiger partial charge in [0.2, 0.25) is 0 Å². The van der Waals surface area contributed by atoms with Crippen LogP contribution in [0.15, 0.2) is 18.2 Å². The molecule has 0 spiro atoms. The van der Waals surface area contributed by atoms with Gasteiger partial charge >= 0.3 is 0 Å². The maximum absolute atomic E-state index is 5.37. The third kappa shape index (κ3) is 5.01. The fourth-order valence-electron chi connectivity index (χ4n) is 1.45. The lowest BCUT2D eigenvalue weighted by molar-refractivity contribution is 0.218. The van der Waals surface area contributed by atoms with E-state index in [1.807, 2.05) is 23.9 Å². The van der Waals surface area contributed by atoms with Crippen LogP contribution in [0.1, 0.15) is 11.1 Å². The Labute approximate surface area is 113 Å². The SMILES string of the molecule is COCCSCc1cc(C#CCN)ccc1OC. The van der Waals surface area contributed by atoms with E-state index < -0.39 is 0 Å². The van der Waals surface area contributed by atoms with Crippen molar-refractivity contribution in [2.24, 2.45) is 5.73 Å². The molecule has 0 atom stereocenters. The minimum Gasteiger partial charge on any atom is -0.496 e. The van der Waals surface area contributed by atoms with Crippen LogP contribution in [-0.4, -0.2) is 33.1 Å². The van der Waals surface area contributed by atoms with Crippen LogP contribution in [0, 0.1) is 11.8 Å². The van der Waals surface area contributed by atoms with Crippen LogP contribution in [0.25, 0.3) is 0 Å². The average molecular weight is 265 g/mol. The Morgan fingerprint density at radius 3 is 2.83 bits per heavy atom. The smallest absolute Gasteiger partial charge is 0.122 e. The van der Waals surface area contributed by atoms with Gasteiger partial charge in [-0.25, -0.2) is 0 Å². The first kappa shape index (κ1) is 14.9. The van der Waals surface area contributed by atoms with Gasteiger partial charge < -0.3 is 15.2 Å². The van der Waals surface area contributed by atoms with Crippen molar-refractivity contribution in [2.75, 3.05) is 33.1 Å². The van der Waals surface area contributed by atoms with Crippen LogP contribution in [0.2, 0.25) is 0 Å². The van der Waals surface area contributed by atoms with Crippen LogP contribution in [-0.2, 0) is 10.5 Å². The minimum absolute atomic E-state index is 0.379. The van der Waals surface area contributed by atoms with Crippen molar-refractivity contribution >= 4 is 11.8 Å². The molecule has 0 aromatic heterocycles. The molecule has 3 nitrogen and oxygen atoms in total. The highest BCUT2D eigenvalue weighted by Crippen LogP contribution is 2.24. The molecule has 1 rings (SSSR count). The van der Waals surface area contributed by atoms with Gasteiger partial charge in [0, 0.05) is 29.7 Å². The molecule has 2 N–H and O–H groups in total. The standard InChI is InChI=1S/C14H19NO2S/c1-16-8-9-18-11-13-10-12(4-3-7-15)5-6-14(13)17-2/h5-6,10H,7-9,11,15H2,1-2H3. The van der Waals surface area contributed by atoms with Gasteiger partial charge in [-0.05, 0) is 18.2 Å². The zero-order valence-electron chi connectivity index (χ0n) is 10.9. The first-order valence-corrected chi connectivity index (χ1v) is 6.89. The number of ether oxygens (including phenoxy) is 2. The molecule has 0 fully saturated rings. The fourth-order valence-corrected chi connectivity index (χ4v) is 2.32. The summed E-state index contributed by atoms with van der Waals surface area (Å²) in [7, 11) is 3.40. The van der Waals surface area contributed by atoms with Gasteiger partial charge in [-0.2, -0.15) is 11.8 Å². The van der Waals surface area contributed by atoms with Crippen LogP contribution < -0.4 is 10.5 Å². The van der Waals surface area contributed by atoms with Gasteiger partial charge in [0.05, 0.1) is 20.3 Å². The summed E-state index contributed by atoms with van der Waals surface area (Å²) < 4.78 is 10.4. The quantitative estimate of drug-likeness (QED) is 0.630. The molecular weight excluding hydrogens is 246 g/mol. The van der Waals surface area contributed by atoms with Crippen molar-refractivity contribution in [3.8, 4) is 17.6 Å². The van der Waals surface area contributed by atoms with E-state index in [2.05, 4.69) is 17.9 Å². The highest BCUT2D eigenvalue weighted by atomic mass is 32.2. The Morgan fingerprint density at radius 2 is 2.17 bits per heavy atom. The molecule has 4 heteroatoms. The molecule has 0 saturated carbocycles. The summed E-state index contributed by atoms with van der Waals surface area (Å²) >= 11 is 1.82. The molecule has 0 bridgehead atoms. The Morgan fingerprint density at radius 1 is 1.33 bits per heavy atom. The van der Waals surface area contributed by atoms with E-state index in [-0.39, 0.29) is 0 Å².